The normalized spacial score (nSPS) is 14.0. The molecule has 2 amide bonds. The molecule has 0 radical (unpaired) electrons. The summed E-state index contributed by atoms with van der Waals surface area (Å²) in [6.07, 6.45) is 0.767. The molecule has 0 spiro atoms. The number of aliphatic carboxylic acids is 1. The number of amides is 2. The summed E-state index contributed by atoms with van der Waals surface area (Å²) in [7, 11) is 0. The van der Waals surface area contributed by atoms with Crippen LogP contribution in [0.3, 0.4) is 0 Å². The number of hydrogen-bond acceptors (Lipinski definition) is 5. The smallest absolute Gasteiger partial charge is 0.490 e. The van der Waals surface area contributed by atoms with Crippen LogP contribution >= 0.6 is 11.8 Å². The first-order valence-electron chi connectivity index (χ1n) is 11.7. The van der Waals surface area contributed by atoms with Gasteiger partial charge < -0.3 is 19.6 Å². The summed E-state index contributed by atoms with van der Waals surface area (Å²) in [5, 5.41) is 7.12. The average Bonchev–Trinajstić information content (AvgIpc) is 2.88. The fraction of sp³-hybridized carbons (Fsp3) is 0.480. The van der Waals surface area contributed by atoms with E-state index in [0.717, 1.165) is 56.0 Å². The van der Waals surface area contributed by atoms with Gasteiger partial charge in [-0.1, -0.05) is 12.1 Å². The fourth-order valence-corrected chi connectivity index (χ4v) is 4.01. The van der Waals surface area contributed by atoms with E-state index < -0.39 is 12.1 Å². The first-order chi connectivity index (χ1) is 17.1. The topological polar surface area (TPSA) is 83.0 Å². The van der Waals surface area contributed by atoms with E-state index >= 15 is 0 Å². The number of rotatable bonds is 7. The van der Waals surface area contributed by atoms with Gasteiger partial charge in [-0.05, 0) is 63.1 Å². The first kappa shape index (κ1) is 29.3. The van der Waals surface area contributed by atoms with Crippen molar-refractivity contribution < 1.29 is 32.6 Å². The number of carboxylic acids is 1. The fourth-order valence-electron chi connectivity index (χ4n) is 3.60. The maximum atomic E-state index is 12.4. The molecule has 2 heterocycles. The van der Waals surface area contributed by atoms with Gasteiger partial charge in [0.15, 0.2) is 0 Å². The minimum atomic E-state index is -5.08. The van der Waals surface area contributed by atoms with Gasteiger partial charge in [0.1, 0.15) is 5.75 Å². The zero-order chi connectivity index (χ0) is 26.7. The molecule has 0 atom stereocenters. The molecule has 0 bridgehead atoms. The Hall–Kier alpha value is -2.95. The lowest BCUT2D eigenvalue weighted by atomic mass is 9.98. The molecule has 36 heavy (non-hydrogen) atoms. The van der Waals surface area contributed by atoms with Gasteiger partial charge in [0.05, 0.1) is 18.5 Å². The number of alkyl halides is 3. The number of halogens is 3. The third-order valence-corrected chi connectivity index (χ3v) is 6.51. The van der Waals surface area contributed by atoms with Crippen LogP contribution in [-0.4, -0.2) is 77.1 Å². The largest absolute Gasteiger partial charge is 0.492 e. The number of piperidine rings is 1. The van der Waals surface area contributed by atoms with Crippen molar-refractivity contribution in [1.29, 1.82) is 0 Å². The molecule has 3 rings (SSSR count). The Labute approximate surface area is 213 Å². The maximum Gasteiger partial charge on any atom is 0.490 e. The predicted molar refractivity (Wildman–Crippen MR) is 133 cm³/mol. The minimum Gasteiger partial charge on any atom is -0.492 e. The standard InChI is InChI=1S/C23H31N3O2S.C2HF3O2/c1-4-25(5-2)23(27)26-14-12-18(13-15-26)17-28-20-8-11-22(24-16-20)19-6-9-21(29-3)10-7-19;3-2(4,5)1(6)7/h6-11,16,18H,4-5,12-15,17H2,1-3H3;(H,6,7). The lowest BCUT2D eigenvalue weighted by Gasteiger charge is -2.35. The number of benzene rings is 1. The number of hydrogen-bond donors (Lipinski definition) is 1. The number of carbonyl (C=O) groups excluding carboxylic acids is 1. The first-order valence-corrected chi connectivity index (χ1v) is 12.9. The monoisotopic (exact) mass is 527 g/mol. The van der Waals surface area contributed by atoms with E-state index in [-0.39, 0.29) is 6.03 Å². The highest BCUT2D eigenvalue weighted by Gasteiger charge is 2.38. The van der Waals surface area contributed by atoms with E-state index in [0.29, 0.717) is 12.5 Å². The van der Waals surface area contributed by atoms with Crippen molar-refractivity contribution in [3.8, 4) is 17.0 Å². The Kier molecular flexibility index (Phi) is 11.4. The molecule has 2 aromatic rings. The maximum absolute atomic E-state index is 12.4. The van der Waals surface area contributed by atoms with Gasteiger partial charge in [0.2, 0.25) is 0 Å². The van der Waals surface area contributed by atoms with Crippen LogP contribution in [-0.2, 0) is 4.79 Å². The summed E-state index contributed by atoms with van der Waals surface area (Å²) in [4.78, 5) is 31.0. The van der Waals surface area contributed by atoms with Crippen LogP contribution in [0, 0.1) is 5.92 Å². The second kappa shape index (κ2) is 14.0. The number of likely N-dealkylation sites (tertiary alicyclic amines) is 1. The molecule has 1 aromatic heterocycles. The summed E-state index contributed by atoms with van der Waals surface area (Å²) in [5.41, 5.74) is 2.06. The molecule has 1 saturated heterocycles. The van der Waals surface area contributed by atoms with E-state index in [2.05, 4.69) is 35.5 Å². The summed E-state index contributed by atoms with van der Waals surface area (Å²) in [6.45, 7) is 7.89. The summed E-state index contributed by atoms with van der Waals surface area (Å²) in [6, 6.07) is 12.6. The Morgan fingerprint density at radius 1 is 1.11 bits per heavy atom. The van der Waals surface area contributed by atoms with Gasteiger partial charge in [0, 0.05) is 36.6 Å². The molecular formula is C25H32F3N3O4S. The van der Waals surface area contributed by atoms with Crippen LogP contribution in [0.1, 0.15) is 26.7 Å². The van der Waals surface area contributed by atoms with E-state index in [9.17, 15) is 18.0 Å². The van der Waals surface area contributed by atoms with Crippen molar-refractivity contribution in [2.75, 3.05) is 39.0 Å². The lowest BCUT2D eigenvalue weighted by molar-refractivity contribution is -0.192. The molecule has 11 heteroatoms. The molecule has 0 unspecified atom stereocenters. The van der Waals surface area contributed by atoms with Crippen molar-refractivity contribution >= 4 is 23.8 Å². The Morgan fingerprint density at radius 3 is 2.14 bits per heavy atom. The van der Waals surface area contributed by atoms with Gasteiger partial charge >= 0.3 is 18.2 Å². The number of carboxylic acid groups (broad SMARTS) is 1. The number of aromatic nitrogens is 1. The van der Waals surface area contributed by atoms with Crippen molar-refractivity contribution in [3.05, 3.63) is 42.6 Å². The van der Waals surface area contributed by atoms with Crippen molar-refractivity contribution in [2.45, 2.75) is 37.8 Å². The molecule has 0 saturated carbocycles. The molecule has 1 aliphatic heterocycles. The molecule has 0 aliphatic carbocycles. The van der Waals surface area contributed by atoms with Crippen LogP contribution in [0.4, 0.5) is 18.0 Å². The average molecular weight is 528 g/mol. The van der Waals surface area contributed by atoms with Gasteiger partial charge in [-0.3, -0.25) is 4.98 Å². The summed E-state index contributed by atoms with van der Waals surface area (Å²) < 4.78 is 37.7. The van der Waals surface area contributed by atoms with E-state index in [4.69, 9.17) is 14.6 Å². The molecule has 198 valence electrons. The molecule has 1 N–H and O–H groups in total. The minimum absolute atomic E-state index is 0.166. The number of thioether (sulfide) groups is 1. The van der Waals surface area contributed by atoms with Gasteiger partial charge in [-0.25, -0.2) is 9.59 Å². The molecular weight excluding hydrogens is 495 g/mol. The quantitative estimate of drug-likeness (QED) is 0.468. The van der Waals surface area contributed by atoms with Gasteiger partial charge in [-0.2, -0.15) is 13.2 Å². The zero-order valence-electron chi connectivity index (χ0n) is 20.6. The van der Waals surface area contributed by atoms with Gasteiger partial charge in [0.25, 0.3) is 0 Å². The van der Waals surface area contributed by atoms with Crippen molar-refractivity contribution in [1.82, 2.24) is 14.8 Å². The van der Waals surface area contributed by atoms with Crippen molar-refractivity contribution in [2.24, 2.45) is 5.92 Å². The number of nitrogens with zero attached hydrogens (tertiary/aromatic N) is 3. The van der Waals surface area contributed by atoms with E-state index in [1.54, 1.807) is 18.0 Å². The van der Waals surface area contributed by atoms with Crippen molar-refractivity contribution in [3.63, 3.8) is 0 Å². The predicted octanol–water partition coefficient (Wildman–Crippen LogP) is 5.66. The van der Waals surface area contributed by atoms with Crippen LogP contribution in [0.25, 0.3) is 11.3 Å². The van der Waals surface area contributed by atoms with Crippen LogP contribution < -0.4 is 4.74 Å². The highest BCUT2D eigenvalue weighted by Crippen LogP contribution is 2.24. The highest BCUT2D eigenvalue weighted by molar-refractivity contribution is 7.98. The molecule has 1 aliphatic rings. The third kappa shape index (κ3) is 8.92. The highest BCUT2D eigenvalue weighted by atomic mass is 32.2. The van der Waals surface area contributed by atoms with Crippen LogP contribution in [0.15, 0.2) is 47.5 Å². The Balaban J connectivity index is 0.000000572. The Bertz CT molecular complexity index is 960. The second-order valence-electron chi connectivity index (χ2n) is 8.11. The zero-order valence-corrected chi connectivity index (χ0v) is 21.4. The second-order valence-corrected chi connectivity index (χ2v) is 8.99. The SMILES string of the molecule is CCN(CC)C(=O)N1CCC(COc2ccc(-c3ccc(SC)cc3)nc2)CC1.O=C(O)C(F)(F)F. The summed E-state index contributed by atoms with van der Waals surface area (Å²) in [5.74, 6) is -1.47. The lowest BCUT2D eigenvalue weighted by Crippen LogP contribution is -2.47. The van der Waals surface area contributed by atoms with E-state index in [1.807, 2.05) is 35.8 Å². The number of ether oxygens (including phenoxy) is 1. The van der Waals surface area contributed by atoms with Gasteiger partial charge in [-0.15, -0.1) is 11.8 Å². The summed E-state index contributed by atoms with van der Waals surface area (Å²) >= 11 is 1.74. The van der Waals surface area contributed by atoms with Crippen LogP contribution in [0.5, 0.6) is 5.75 Å². The molecule has 1 aromatic carbocycles. The molecule has 7 nitrogen and oxygen atoms in total. The number of pyridine rings is 1. The van der Waals surface area contributed by atoms with E-state index in [1.165, 1.54) is 4.90 Å². The Morgan fingerprint density at radius 2 is 1.69 bits per heavy atom. The molecule has 1 fully saturated rings. The van der Waals surface area contributed by atoms with Crippen LogP contribution in [0.2, 0.25) is 0 Å². The number of carbonyl (C=O) groups is 2. The number of urea groups is 1. The third-order valence-electron chi connectivity index (χ3n) is 5.77.